The van der Waals surface area contributed by atoms with E-state index in [0.29, 0.717) is 10.2 Å². The number of aliphatic hydroxyl groups is 1. The average molecular weight is 244 g/mol. The molecular weight excluding hydrogens is 237 g/mol. The lowest BCUT2D eigenvalue weighted by Gasteiger charge is -1.93. The van der Waals surface area contributed by atoms with Crippen molar-refractivity contribution in [2.75, 3.05) is 0 Å². The van der Waals surface area contributed by atoms with Crippen molar-refractivity contribution in [3.05, 3.63) is 34.2 Å². The van der Waals surface area contributed by atoms with Gasteiger partial charge in [-0.3, -0.25) is 0 Å². The molecule has 0 aliphatic carbocycles. The van der Waals surface area contributed by atoms with E-state index < -0.39 is 0 Å². The van der Waals surface area contributed by atoms with Gasteiger partial charge >= 0.3 is 0 Å². The third-order valence-electron chi connectivity index (χ3n) is 1.89. The molecule has 2 nitrogen and oxygen atoms in total. The summed E-state index contributed by atoms with van der Waals surface area (Å²) in [6, 6.07) is 4.81. The molecule has 0 saturated heterocycles. The summed E-state index contributed by atoms with van der Waals surface area (Å²) in [6.07, 6.45) is 0. The molecule has 68 valence electrons. The minimum atomic E-state index is -0.295. The van der Waals surface area contributed by atoms with E-state index in [1.54, 1.807) is 12.1 Å². The van der Waals surface area contributed by atoms with Crippen LogP contribution in [0, 0.1) is 5.82 Å². The normalized spacial score (nSPS) is 11.0. The summed E-state index contributed by atoms with van der Waals surface area (Å²) in [5, 5.41) is 9.61. The fraction of sp³-hybridized carbons (Fsp3) is 0.111. The molecule has 0 amide bonds. The van der Waals surface area contributed by atoms with Crippen LogP contribution in [0.15, 0.2) is 22.7 Å². The van der Waals surface area contributed by atoms with Gasteiger partial charge in [-0.1, -0.05) is 0 Å². The first-order valence-corrected chi connectivity index (χ1v) is 4.57. The monoisotopic (exact) mass is 243 g/mol. The topological polar surface area (TPSA) is 36.0 Å². The zero-order chi connectivity index (χ0) is 9.42. The zero-order valence-electron chi connectivity index (χ0n) is 6.64. The van der Waals surface area contributed by atoms with Crippen LogP contribution in [0.2, 0.25) is 0 Å². The van der Waals surface area contributed by atoms with Crippen molar-refractivity contribution in [2.24, 2.45) is 0 Å². The van der Waals surface area contributed by atoms with E-state index in [1.807, 2.05) is 0 Å². The lowest BCUT2D eigenvalue weighted by atomic mass is 10.2. The Morgan fingerprint density at radius 3 is 2.85 bits per heavy atom. The fourth-order valence-corrected chi connectivity index (χ4v) is 1.62. The number of aliphatic hydroxyl groups excluding tert-OH is 1. The minimum Gasteiger partial charge on any atom is -0.390 e. The van der Waals surface area contributed by atoms with Gasteiger partial charge in [0.25, 0.3) is 0 Å². The largest absolute Gasteiger partial charge is 0.390 e. The smallest absolute Gasteiger partial charge is 0.138 e. The third kappa shape index (κ3) is 1.47. The van der Waals surface area contributed by atoms with Crippen LogP contribution in [0.25, 0.3) is 10.9 Å². The predicted molar refractivity (Wildman–Crippen MR) is 51.9 cm³/mol. The van der Waals surface area contributed by atoms with Crippen molar-refractivity contribution in [2.45, 2.75) is 6.61 Å². The molecule has 0 fully saturated rings. The fourth-order valence-electron chi connectivity index (χ4n) is 1.27. The molecule has 0 saturated carbocycles. The Bertz CT molecular complexity index is 413. The van der Waals surface area contributed by atoms with Crippen molar-refractivity contribution in [3.63, 3.8) is 0 Å². The molecule has 0 radical (unpaired) electrons. The summed E-state index contributed by atoms with van der Waals surface area (Å²) in [5.74, 6) is -0.295. The quantitative estimate of drug-likeness (QED) is 0.794. The second-order valence-corrected chi connectivity index (χ2v) is 3.66. The minimum absolute atomic E-state index is 0.0616. The summed E-state index contributed by atoms with van der Waals surface area (Å²) in [7, 11) is 0. The molecule has 0 spiro atoms. The Balaban J connectivity index is 2.70. The van der Waals surface area contributed by atoms with Crippen LogP contribution in [0.1, 0.15) is 5.69 Å². The van der Waals surface area contributed by atoms with E-state index in [2.05, 4.69) is 20.9 Å². The average Bonchev–Trinajstić information content (AvgIpc) is 2.48. The maximum absolute atomic E-state index is 13.0. The second-order valence-electron chi connectivity index (χ2n) is 2.81. The van der Waals surface area contributed by atoms with E-state index in [-0.39, 0.29) is 12.4 Å². The van der Waals surface area contributed by atoms with Gasteiger partial charge in [-0.05, 0) is 34.1 Å². The molecule has 0 aliphatic rings. The van der Waals surface area contributed by atoms with Gasteiger partial charge in [0.1, 0.15) is 5.82 Å². The van der Waals surface area contributed by atoms with Gasteiger partial charge in [-0.25, -0.2) is 4.39 Å². The Labute approximate surface area is 82.5 Å². The molecule has 2 rings (SSSR count). The number of hydrogen-bond acceptors (Lipinski definition) is 1. The molecule has 1 heterocycles. The molecule has 2 N–H and O–H groups in total. The van der Waals surface area contributed by atoms with Gasteiger partial charge < -0.3 is 10.1 Å². The van der Waals surface area contributed by atoms with Crippen molar-refractivity contribution in [3.8, 4) is 0 Å². The van der Waals surface area contributed by atoms with Gasteiger partial charge in [-0.2, -0.15) is 0 Å². The summed E-state index contributed by atoms with van der Waals surface area (Å²) in [4.78, 5) is 2.97. The molecule has 13 heavy (non-hydrogen) atoms. The van der Waals surface area contributed by atoms with Gasteiger partial charge in [0, 0.05) is 16.6 Å². The summed E-state index contributed by atoms with van der Waals surface area (Å²) < 4.78 is 13.5. The standard InChI is InChI=1S/C9H7BrFNO/c10-7-3-9-5(2-8(7)11)1-6(4-13)12-9/h1-3,12-13H,4H2. The highest BCUT2D eigenvalue weighted by Gasteiger charge is 2.04. The van der Waals surface area contributed by atoms with Crippen LogP contribution in [0.5, 0.6) is 0 Å². The highest BCUT2D eigenvalue weighted by Crippen LogP contribution is 2.23. The second kappa shape index (κ2) is 3.12. The number of hydrogen-bond donors (Lipinski definition) is 2. The van der Waals surface area contributed by atoms with Crippen LogP contribution in [0.4, 0.5) is 4.39 Å². The molecule has 1 aromatic heterocycles. The van der Waals surface area contributed by atoms with E-state index in [4.69, 9.17) is 5.11 Å². The van der Waals surface area contributed by atoms with Crippen LogP contribution in [0.3, 0.4) is 0 Å². The van der Waals surface area contributed by atoms with Gasteiger partial charge in [0.05, 0.1) is 11.1 Å². The number of aromatic amines is 1. The third-order valence-corrected chi connectivity index (χ3v) is 2.50. The van der Waals surface area contributed by atoms with Crippen LogP contribution in [-0.4, -0.2) is 10.1 Å². The number of aromatic nitrogens is 1. The SMILES string of the molecule is OCc1cc2cc(F)c(Br)cc2[nH]1. The van der Waals surface area contributed by atoms with Crippen LogP contribution >= 0.6 is 15.9 Å². The maximum Gasteiger partial charge on any atom is 0.138 e. The molecule has 0 aliphatic heterocycles. The van der Waals surface area contributed by atoms with Gasteiger partial charge in [-0.15, -0.1) is 0 Å². The number of halogens is 2. The molecule has 4 heteroatoms. The molecule has 1 aromatic carbocycles. The molecule has 2 aromatic rings. The highest BCUT2D eigenvalue weighted by molar-refractivity contribution is 9.10. The summed E-state index contributed by atoms with van der Waals surface area (Å²) >= 11 is 3.09. The summed E-state index contributed by atoms with van der Waals surface area (Å²) in [5.41, 5.74) is 1.50. The van der Waals surface area contributed by atoms with Gasteiger partial charge in [0.15, 0.2) is 0 Å². The predicted octanol–water partition coefficient (Wildman–Crippen LogP) is 2.56. The van der Waals surface area contributed by atoms with Crippen molar-refractivity contribution in [1.29, 1.82) is 0 Å². The first-order valence-electron chi connectivity index (χ1n) is 3.78. The zero-order valence-corrected chi connectivity index (χ0v) is 8.23. The van der Waals surface area contributed by atoms with E-state index >= 15 is 0 Å². The summed E-state index contributed by atoms with van der Waals surface area (Å²) in [6.45, 7) is -0.0616. The van der Waals surface area contributed by atoms with Crippen LogP contribution < -0.4 is 0 Å². The van der Waals surface area contributed by atoms with E-state index in [9.17, 15) is 4.39 Å². The van der Waals surface area contributed by atoms with E-state index in [0.717, 1.165) is 10.9 Å². The number of H-pyrrole nitrogens is 1. The Morgan fingerprint density at radius 1 is 1.38 bits per heavy atom. The Hall–Kier alpha value is -0.870. The maximum atomic E-state index is 13.0. The Morgan fingerprint density at radius 2 is 2.15 bits per heavy atom. The van der Waals surface area contributed by atoms with Crippen LogP contribution in [-0.2, 0) is 6.61 Å². The Kier molecular flexibility index (Phi) is 2.09. The molecule has 0 atom stereocenters. The van der Waals surface area contributed by atoms with E-state index in [1.165, 1.54) is 6.07 Å². The number of fused-ring (bicyclic) bond motifs is 1. The molecule has 0 unspecified atom stereocenters. The first kappa shape index (κ1) is 8.72. The first-order chi connectivity index (χ1) is 6.20. The van der Waals surface area contributed by atoms with Crippen molar-refractivity contribution >= 4 is 26.8 Å². The van der Waals surface area contributed by atoms with Crippen molar-refractivity contribution < 1.29 is 9.50 Å². The number of rotatable bonds is 1. The number of benzene rings is 1. The number of nitrogens with one attached hydrogen (secondary N) is 1. The lowest BCUT2D eigenvalue weighted by molar-refractivity contribution is 0.278. The highest BCUT2D eigenvalue weighted by atomic mass is 79.9. The molecule has 0 bridgehead atoms. The van der Waals surface area contributed by atoms with Crippen molar-refractivity contribution in [1.82, 2.24) is 4.98 Å². The van der Waals surface area contributed by atoms with Gasteiger partial charge in [0.2, 0.25) is 0 Å². The lowest BCUT2D eigenvalue weighted by Crippen LogP contribution is -1.79. The molecular formula is C9H7BrFNO.